The summed E-state index contributed by atoms with van der Waals surface area (Å²) >= 11 is 0. The van der Waals surface area contributed by atoms with E-state index < -0.39 is 5.97 Å². The third kappa shape index (κ3) is 21.2. The maximum absolute atomic E-state index is 11.5. The third-order valence-corrected chi connectivity index (χ3v) is 3.90. The number of hydrogen-bond donors (Lipinski definition) is 0. The number of hydrogen-bond acceptors (Lipinski definition) is 8. The number of unbranched alkanes of at least 4 members (excludes halogenated alkanes) is 4. The lowest BCUT2D eigenvalue weighted by atomic mass is 10.1. The lowest BCUT2D eigenvalue weighted by Crippen LogP contribution is -2.15. The minimum atomic E-state index is -0.412. The van der Waals surface area contributed by atoms with Gasteiger partial charge in [0.25, 0.3) is 0 Å². The van der Waals surface area contributed by atoms with E-state index in [2.05, 4.69) is 13.5 Å². The molecule has 0 saturated heterocycles. The van der Waals surface area contributed by atoms with Crippen LogP contribution in [0.15, 0.2) is 12.2 Å². The molecule has 0 aromatic carbocycles. The van der Waals surface area contributed by atoms with Crippen LogP contribution in [0.3, 0.4) is 0 Å². The number of rotatable bonds is 22. The lowest BCUT2D eigenvalue weighted by molar-refractivity contribution is -0.145. The first-order valence-corrected chi connectivity index (χ1v) is 10.9. The Labute approximate surface area is 181 Å². The highest BCUT2D eigenvalue weighted by Gasteiger charge is 2.03. The van der Waals surface area contributed by atoms with Crippen LogP contribution >= 0.6 is 0 Å². The molecule has 0 heterocycles. The third-order valence-electron chi connectivity index (χ3n) is 3.90. The minimum absolute atomic E-state index is 0.152. The molecular formula is C22H40O8. The number of esters is 2. The van der Waals surface area contributed by atoms with Gasteiger partial charge in [-0.1, -0.05) is 39.2 Å². The number of carbonyl (C=O) groups excluding carboxylic acids is 2. The van der Waals surface area contributed by atoms with Crippen LogP contribution in [0.2, 0.25) is 0 Å². The summed E-state index contributed by atoms with van der Waals surface area (Å²) < 4.78 is 31.4. The van der Waals surface area contributed by atoms with Gasteiger partial charge in [-0.3, -0.25) is 4.79 Å². The van der Waals surface area contributed by atoms with Crippen molar-refractivity contribution in [2.75, 3.05) is 66.1 Å². The first kappa shape index (κ1) is 28.5. The van der Waals surface area contributed by atoms with E-state index in [0.717, 1.165) is 12.8 Å². The molecule has 0 aromatic heterocycles. The smallest absolute Gasteiger partial charge is 0.333 e. The largest absolute Gasteiger partial charge is 0.463 e. The van der Waals surface area contributed by atoms with Crippen LogP contribution in [0.5, 0.6) is 0 Å². The van der Waals surface area contributed by atoms with Crippen molar-refractivity contribution >= 4 is 11.9 Å². The molecule has 0 N–H and O–H groups in total. The average molecular weight is 433 g/mol. The van der Waals surface area contributed by atoms with Crippen LogP contribution in [-0.4, -0.2) is 78.0 Å². The van der Waals surface area contributed by atoms with E-state index in [9.17, 15) is 9.59 Å². The SMILES string of the molecule is C=C(C)C(=O)OCCOCCOCCOCCOCCOC(=O)CCCCCCC. The molecule has 0 atom stereocenters. The molecule has 8 nitrogen and oxygen atoms in total. The predicted octanol–water partition coefficient (Wildman–Crippen LogP) is 3.08. The Balaban J connectivity index is 3.16. The van der Waals surface area contributed by atoms with Crippen molar-refractivity contribution in [1.82, 2.24) is 0 Å². The van der Waals surface area contributed by atoms with E-state index in [4.69, 9.17) is 28.4 Å². The number of ether oxygens (including phenoxy) is 6. The summed E-state index contributed by atoms with van der Waals surface area (Å²) in [5, 5.41) is 0. The van der Waals surface area contributed by atoms with Crippen molar-refractivity contribution in [2.24, 2.45) is 0 Å². The molecule has 0 spiro atoms. The summed E-state index contributed by atoms with van der Waals surface area (Å²) in [7, 11) is 0. The van der Waals surface area contributed by atoms with Gasteiger partial charge in [-0.05, 0) is 13.3 Å². The van der Waals surface area contributed by atoms with Gasteiger partial charge < -0.3 is 28.4 Å². The Morgan fingerprint density at radius 2 is 1.07 bits per heavy atom. The molecular weight excluding hydrogens is 392 g/mol. The molecule has 0 fully saturated rings. The van der Waals surface area contributed by atoms with Gasteiger partial charge in [0, 0.05) is 12.0 Å². The molecule has 0 bridgehead atoms. The van der Waals surface area contributed by atoms with Crippen LogP contribution in [0.4, 0.5) is 0 Å². The van der Waals surface area contributed by atoms with Gasteiger partial charge in [-0.25, -0.2) is 4.79 Å². The summed E-state index contributed by atoms with van der Waals surface area (Å²) in [5.74, 6) is -0.564. The molecule has 30 heavy (non-hydrogen) atoms. The molecule has 0 saturated carbocycles. The maximum atomic E-state index is 11.5. The number of carbonyl (C=O) groups is 2. The minimum Gasteiger partial charge on any atom is -0.463 e. The summed E-state index contributed by atoms with van der Waals surface area (Å²) in [4.78, 5) is 22.6. The van der Waals surface area contributed by atoms with E-state index in [1.807, 2.05) is 0 Å². The van der Waals surface area contributed by atoms with Crippen LogP contribution in [0, 0.1) is 0 Å². The fraction of sp³-hybridized carbons (Fsp3) is 0.818. The van der Waals surface area contributed by atoms with Crippen molar-refractivity contribution in [2.45, 2.75) is 52.4 Å². The van der Waals surface area contributed by atoms with Crippen molar-refractivity contribution in [1.29, 1.82) is 0 Å². The van der Waals surface area contributed by atoms with Crippen LogP contribution in [0.1, 0.15) is 52.4 Å². The van der Waals surface area contributed by atoms with Gasteiger partial charge in [0.15, 0.2) is 0 Å². The first-order chi connectivity index (χ1) is 14.6. The van der Waals surface area contributed by atoms with Crippen molar-refractivity contribution in [3.8, 4) is 0 Å². The zero-order valence-corrected chi connectivity index (χ0v) is 18.8. The summed E-state index contributed by atoms with van der Waals surface area (Å²) in [6.45, 7) is 11.1. The van der Waals surface area contributed by atoms with Gasteiger partial charge in [-0.2, -0.15) is 0 Å². The lowest BCUT2D eigenvalue weighted by Gasteiger charge is -2.08. The molecule has 0 rings (SSSR count). The highest BCUT2D eigenvalue weighted by Crippen LogP contribution is 2.05. The second kappa shape index (κ2) is 22.2. The van der Waals surface area contributed by atoms with Crippen LogP contribution in [-0.2, 0) is 38.0 Å². The highest BCUT2D eigenvalue weighted by molar-refractivity contribution is 5.86. The second-order valence-electron chi connectivity index (χ2n) is 6.75. The van der Waals surface area contributed by atoms with E-state index in [1.165, 1.54) is 19.3 Å². The van der Waals surface area contributed by atoms with Crippen LogP contribution < -0.4 is 0 Å². The average Bonchev–Trinajstić information content (AvgIpc) is 2.73. The van der Waals surface area contributed by atoms with Crippen molar-refractivity contribution in [3.63, 3.8) is 0 Å². The Hall–Kier alpha value is -1.48. The molecule has 8 heteroatoms. The van der Waals surface area contributed by atoms with Gasteiger partial charge in [0.2, 0.25) is 0 Å². The van der Waals surface area contributed by atoms with Crippen molar-refractivity contribution in [3.05, 3.63) is 12.2 Å². The molecule has 0 radical (unpaired) electrons. The molecule has 176 valence electrons. The fourth-order valence-corrected chi connectivity index (χ4v) is 2.24. The van der Waals surface area contributed by atoms with E-state index in [0.29, 0.717) is 64.8 Å². The monoisotopic (exact) mass is 432 g/mol. The molecule has 0 unspecified atom stereocenters. The maximum Gasteiger partial charge on any atom is 0.333 e. The van der Waals surface area contributed by atoms with E-state index in [1.54, 1.807) is 6.92 Å². The normalized spacial score (nSPS) is 10.7. The molecule has 0 aliphatic rings. The van der Waals surface area contributed by atoms with E-state index >= 15 is 0 Å². The first-order valence-electron chi connectivity index (χ1n) is 10.9. The second-order valence-corrected chi connectivity index (χ2v) is 6.75. The highest BCUT2D eigenvalue weighted by atomic mass is 16.6. The van der Waals surface area contributed by atoms with Gasteiger partial charge in [0.05, 0.1) is 52.9 Å². The zero-order valence-electron chi connectivity index (χ0n) is 18.8. The van der Waals surface area contributed by atoms with Crippen molar-refractivity contribution < 1.29 is 38.0 Å². The van der Waals surface area contributed by atoms with Crippen LogP contribution in [0.25, 0.3) is 0 Å². The standard InChI is InChI=1S/C22H40O8/c1-4-5-6-7-8-9-21(23)29-18-16-27-14-12-25-10-11-26-13-15-28-17-19-30-22(24)20(2)3/h2,4-19H2,1,3H3. The van der Waals surface area contributed by atoms with Gasteiger partial charge >= 0.3 is 11.9 Å². The van der Waals surface area contributed by atoms with E-state index in [-0.39, 0.29) is 19.2 Å². The molecule has 0 aliphatic carbocycles. The summed E-state index contributed by atoms with van der Waals surface area (Å²) in [6, 6.07) is 0. The Morgan fingerprint density at radius 3 is 1.53 bits per heavy atom. The Bertz CT molecular complexity index is 439. The predicted molar refractivity (Wildman–Crippen MR) is 113 cm³/mol. The van der Waals surface area contributed by atoms with Gasteiger partial charge in [0.1, 0.15) is 13.2 Å². The topological polar surface area (TPSA) is 89.5 Å². The molecule has 0 aromatic rings. The molecule has 0 aliphatic heterocycles. The fourth-order valence-electron chi connectivity index (χ4n) is 2.24. The van der Waals surface area contributed by atoms with Gasteiger partial charge in [-0.15, -0.1) is 0 Å². The zero-order chi connectivity index (χ0) is 22.3. The summed E-state index contributed by atoms with van der Waals surface area (Å²) in [5.41, 5.74) is 0.371. The Kier molecular flexibility index (Phi) is 21.1. The quantitative estimate of drug-likeness (QED) is 0.146. The Morgan fingerprint density at radius 1 is 0.633 bits per heavy atom. The molecule has 0 amide bonds. The summed E-state index contributed by atoms with van der Waals surface area (Å²) in [6.07, 6.45) is 6.07.